The van der Waals surface area contributed by atoms with Crippen LogP contribution in [0.25, 0.3) is 34.2 Å². The van der Waals surface area contributed by atoms with Gasteiger partial charge in [0.05, 0.1) is 22.5 Å². The Morgan fingerprint density at radius 1 is 0.575 bits per heavy atom. The summed E-state index contributed by atoms with van der Waals surface area (Å²) < 4.78 is 6.56. The van der Waals surface area contributed by atoms with E-state index in [-0.39, 0.29) is 11.1 Å². The van der Waals surface area contributed by atoms with Crippen LogP contribution in [0, 0.1) is 0 Å². The summed E-state index contributed by atoms with van der Waals surface area (Å²) in [6.45, 7) is 8.25. The maximum atomic E-state index is 12.8. The van der Waals surface area contributed by atoms with Gasteiger partial charge in [-0.25, -0.2) is 0 Å². The third kappa shape index (κ3) is 4.14. The summed E-state index contributed by atoms with van der Waals surface area (Å²) in [5, 5.41) is 15.9. The monoisotopic (exact) mass is 534 g/mol. The summed E-state index contributed by atoms with van der Waals surface area (Å²) in [7, 11) is 0. The lowest BCUT2D eigenvalue weighted by atomic mass is 9.83. The Labute approximate surface area is 230 Å². The van der Waals surface area contributed by atoms with Crippen LogP contribution in [0.4, 0.5) is 0 Å². The molecule has 0 radical (unpaired) electrons. The predicted molar refractivity (Wildman–Crippen MR) is 154 cm³/mol. The molecule has 4 heterocycles. The summed E-state index contributed by atoms with van der Waals surface area (Å²) >= 11 is 0. The molecule has 0 unspecified atom stereocenters. The van der Waals surface area contributed by atoms with Gasteiger partial charge in [-0.1, -0.05) is 60.7 Å². The van der Waals surface area contributed by atoms with E-state index >= 15 is 0 Å². The molecule has 4 aromatic heterocycles. The van der Waals surface area contributed by atoms with Crippen molar-refractivity contribution in [2.45, 2.75) is 38.8 Å². The number of aromatic nitrogens is 8. The van der Waals surface area contributed by atoms with Crippen molar-refractivity contribution >= 4 is 0 Å². The Morgan fingerprint density at radius 2 is 0.950 bits per heavy atom. The molecule has 0 bridgehead atoms. The van der Waals surface area contributed by atoms with Gasteiger partial charge >= 0.3 is 0 Å². The lowest BCUT2D eigenvalue weighted by Gasteiger charge is -2.41. The van der Waals surface area contributed by atoms with Crippen LogP contribution in [0.15, 0.2) is 107 Å². The van der Waals surface area contributed by atoms with E-state index in [9.17, 15) is 9.59 Å². The van der Waals surface area contributed by atoms with Crippen LogP contribution in [-0.4, -0.2) is 39.1 Å². The first-order chi connectivity index (χ1) is 19.1. The minimum atomic E-state index is -0.580. The van der Waals surface area contributed by atoms with Gasteiger partial charge in [-0.05, 0) is 38.8 Å². The molecule has 6 rings (SSSR count). The fraction of sp³-hybridized carbons (Fsp3) is 0.200. The van der Waals surface area contributed by atoms with E-state index in [2.05, 4.69) is 37.9 Å². The normalized spacial score (nSPS) is 12.2. The molecule has 0 spiro atoms. The van der Waals surface area contributed by atoms with E-state index in [1.54, 1.807) is 12.1 Å². The molecule has 6 aromatic rings. The largest absolute Gasteiger partial charge is 0.289 e. The number of nitrogens with zero attached hydrogens (tertiary/aromatic N) is 6. The lowest BCUT2D eigenvalue weighted by molar-refractivity contribution is 0.0983. The average molecular weight is 535 g/mol. The second kappa shape index (κ2) is 9.26. The standard InChI is InChI=1S/C30H30N8O2/c1-29(2,35-17-15-25(33-35)37-27(39)19-23(31-37)21-11-7-5-8-12-21)30(3,4)36-18-16-26(34-36)38-28(40)20-24(32-38)22-13-9-6-10-14-22/h5-20,31-32H,1-4H3. The molecule has 0 aliphatic rings. The number of rotatable bonds is 7. The Bertz CT molecular complexity index is 1760. The number of aromatic amines is 2. The first-order valence-corrected chi connectivity index (χ1v) is 13.0. The molecule has 2 aromatic carbocycles. The highest BCUT2D eigenvalue weighted by atomic mass is 16.1. The maximum absolute atomic E-state index is 12.8. The average Bonchev–Trinajstić information content (AvgIpc) is 3.75. The molecule has 202 valence electrons. The zero-order chi connectivity index (χ0) is 28.1. The first-order valence-electron chi connectivity index (χ1n) is 13.0. The maximum Gasteiger partial charge on any atom is 0.273 e. The Kier molecular flexibility index (Phi) is 5.83. The zero-order valence-electron chi connectivity index (χ0n) is 22.7. The zero-order valence-corrected chi connectivity index (χ0v) is 22.7. The van der Waals surface area contributed by atoms with Crippen molar-refractivity contribution in [3.63, 3.8) is 0 Å². The summed E-state index contributed by atoms with van der Waals surface area (Å²) in [4.78, 5) is 25.6. The number of H-pyrrole nitrogens is 2. The predicted octanol–water partition coefficient (Wildman–Crippen LogP) is 4.54. The van der Waals surface area contributed by atoms with Gasteiger partial charge in [0.15, 0.2) is 11.6 Å². The van der Waals surface area contributed by atoms with Crippen molar-refractivity contribution in [3.05, 3.63) is 118 Å². The topological polar surface area (TPSA) is 111 Å². The van der Waals surface area contributed by atoms with Crippen molar-refractivity contribution < 1.29 is 0 Å². The quantitative estimate of drug-likeness (QED) is 0.313. The second-order valence-electron chi connectivity index (χ2n) is 10.8. The highest BCUT2D eigenvalue weighted by molar-refractivity contribution is 5.59. The van der Waals surface area contributed by atoms with Crippen molar-refractivity contribution in [1.29, 1.82) is 0 Å². The van der Waals surface area contributed by atoms with Crippen LogP contribution >= 0.6 is 0 Å². The highest BCUT2D eigenvalue weighted by Gasteiger charge is 2.42. The molecule has 0 fully saturated rings. The SMILES string of the molecule is CC(C)(n1ccc(-n2[nH]c(-c3ccccc3)cc2=O)n1)C(C)(C)n1ccc(-n2[nH]c(-c3ccccc3)cc2=O)n1. The van der Waals surface area contributed by atoms with E-state index in [4.69, 9.17) is 10.2 Å². The fourth-order valence-electron chi connectivity index (χ4n) is 4.71. The van der Waals surface area contributed by atoms with E-state index in [0.717, 1.165) is 22.5 Å². The number of benzene rings is 2. The molecule has 0 saturated heterocycles. The Balaban J connectivity index is 1.29. The van der Waals surface area contributed by atoms with Crippen LogP contribution < -0.4 is 11.1 Å². The third-order valence-corrected chi connectivity index (χ3v) is 7.86. The van der Waals surface area contributed by atoms with Crippen molar-refractivity contribution in [1.82, 2.24) is 39.1 Å². The lowest BCUT2D eigenvalue weighted by Crippen LogP contribution is -2.50. The molecule has 0 aliphatic carbocycles. The summed E-state index contributed by atoms with van der Waals surface area (Å²) in [6, 6.07) is 26.1. The van der Waals surface area contributed by atoms with Crippen molar-refractivity contribution in [3.8, 4) is 34.2 Å². The molecule has 10 heteroatoms. The molecular formula is C30H30N8O2. The van der Waals surface area contributed by atoms with E-state index in [1.807, 2.05) is 94.6 Å². The minimum Gasteiger partial charge on any atom is -0.289 e. The van der Waals surface area contributed by atoms with Crippen LogP contribution in [0.2, 0.25) is 0 Å². The van der Waals surface area contributed by atoms with Crippen LogP contribution in [0.1, 0.15) is 27.7 Å². The number of nitrogens with one attached hydrogen (secondary N) is 2. The first kappa shape index (κ1) is 25.2. The van der Waals surface area contributed by atoms with Crippen LogP contribution in [0.3, 0.4) is 0 Å². The molecule has 0 amide bonds. The molecule has 0 aliphatic heterocycles. The molecule has 2 N–H and O–H groups in total. The van der Waals surface area contributed by atoms with Gasteiger partial charge in [0.1, 0.15) is 0 Å². The summed E-state index contributed by atoms with van der Waals surface area (Å²) in [5.74, 6) is 0.979. The second-order valence-corrected chi connectivity index (χ2v) is 10.8. The highest BCUT2D eigenvalue weighted by Crippen LogP contribution is 2.35. The molecular weight excluding hydrogens is 504 g/mol. The summed E-state index contributed by atoms with van der Waals surface area (Å²) in [6.07, 6.45) is 3.72. The summed E-state index contributed by atoms with van der Waals surface area (Å²) in [5.41, 5.74) is 1.74. The van der Waals surface area contributed by atoms with Gasteiger partial charge in [-0.2, -0.15) is 19.6 Å². The van der Waals surface area contributed by atoms with Gasteiger partial charge < -0.3 is 0 Å². The van der Waals surface area contributed by atoms with Crippen LogP contribution in [0.5, 0.6) is 0 Å². The van der Waals surface area contributed by atoms with E-state index in [0.29, 0.717) is 11.6 Å². The van der Waals surface area contributed by atoms with Gasteiger partial charge in [0.25, 0.3) is 11.1 Å². The van der Waals surface area contributed by atoms with Crippen molar-refractivity contribution in [2.24, 2.45) is 0 Å². The van der Waals surface area contributed by atoms with Gasteiger partial charge in [-0.3, -0.25) is 29.2 Å². The Morgan fingerprint density at radius 3 is 1.32 bits per heavy atom. The molecule has 0 atom stereocenters. The van der Waals surface area contributed by atoms with E-state index < -0.39 is 11.1 Å². The fourth-order valence-corrected chi connectivity index (χ4v) is 4.71. The van der Waals surface area contributed by atoms with E-state index in [1.165, 1.54) is 9.36 Å². The van der Waals surface area contributed by atoms with Gasteiger partial charge in [-0.15, -0.1) is 0 Å². The Hall–Kier alpha value is -5.12. The number of hydrogen-bond acceptors (Lipinski definition) is 4. The smallest absolute Gasteiger partial charge is 0.273 e. The van der Waals surface area contributed by atoms with Gasteiger partial charge in [0.2, 0.25) is 0 Å². The van der Waals surface area contributed by atoms with Crippen molar-refractivity contribution in [2.75, 3.05) is 0 Å². The van der Waals surface area contributed by atoms with Gasteiger partial charge in [0, 0.05) is 36.7 Å². The minimum absolute atomic E-state index is 0.191. The molecule has 0 saturated carbocycles. The van der Waals surface area contributed by atoms with Crippen LogP contribution in [-0.2, 0) is 11.1 Å². The molecule has 40 heavy (non-hydrogen) atoms. The number of hydrogen-bond donors (Lipinski definition) is 2. The molecule has 10 nitrogen and oxygen atoms in total. The third-order valence-electron chi connectivity index (χ3n) is 7.86.